The van der Waals surface area contributed by atoms with Crippen molar-refractivity contribution in [2.45, 2.75) is 31.8 Å². The Bertz CT molecular complexity index is 729. The minimum absolute atomic E-state index is 0.0908. The van der Waals surface area contributed by atoms with Gasteiger partial charge in [0.15, 0.2) is 11.4 Å². The lowest BCUT2D eigenvalue weighted by Gasteiger charge is -2.26. The van der Waals surface area contributed by atoms with Crippen LogP contribution in [0, 0.1) is 0 Å². The van der Waals surface area contributed by atoms with E-state index in [4.69, 9.17) is 9.47 Å². The summed E-state index contributed by atoms with van der Waals surface area (Å²) in [6.07, 6.45) is 4.43. The van der Waals surface area contributed by atoms with Crippen LogP contribution in [0.2, 0.25) is 0 Å². The summed E-state index contributed by atoms with van der Waals surface area (Å²) in [4.78, 5) is 14.9. The van der Waals surface area contributed by atoms with Crippen molar-refractivity contribution in [3.63, 3.8) is 0 Å². The van der Waals surface area contributed by atoms with Gasteiger partial charge in [-0.25, -0.2) is 4.68 Å². The highest BCUT2D eigenvalue weighted by Crippen LogP contribution is 2.27. The molecular formula is C19H25N3O3. The number of para-hydroxylation sites is 1. The molecule has 0 aliphatic carbocycles. The zero-order valence-corrected chi connectivity index (χ0v) is 15.1. The molecule has 25 heavy (non-hydrogen) atoms. The van der Waals surface area contributed by atoms with Gasteiger partial charge in [0.05, 0.1) is 24.6 Å². The van der Waals surface area contributed by atoms with E-state index in [9.17, 15) is 4.79 Å². The second kappa shape index (κ2) is 7.27. The van der Waals surface area contributed by atoms with Gasteiger partial charge in [0, 0.05) is 20.2 Å². The van der Waals surface area contributed by atoms with Gasteiger partial charge < -0.3 is 14.4 Å². The molecule has 2 heterocycles. The highest BCUT2D eigenvalue weighted by Gasteiger charge is 2.31. The molecule has 1 saturated heterocycles. The number of likely N-dealkylation sites (tertiary alicyclic amines) is 1. The number of amides is 1. The van der Waals surface area contributed by atoms with Crippen molar-refractivity contribution in [2.75, 3.05) is 27.3 Å². The third-order valence-electron chi connectivity index (χ3n) is 4.95. The molecule has 1 aliphatic rings. The number of benzene rings is 1. The molecule has 1 fully saturated rings. The fraction of sp³-hybridized carbons (Fsp3) is 0.474. The van der Waals surface area contributed by atoms with Crippen molar-refractivity contribution < 1.29 is 14.3 Å². The Kier molecular flexibility index (Phi) is 5.08. The van der Waals surface area contributed by atoms with E-state index in [1.54, 1.807) is 25.1 Å². The summed E-state index contributed by atoms with van der Waals surface area (Å²) >= 11 is 0. The van der Waals surface area contributed by atoms with E-state index in [0.29, 0.717) is 24.5 Å². The molecule has 3 rings (SSSR count). The fourth-order valence-corrected chi connectivity index (χ4v) is 3.18. The molecule has 6 heteroatoms. The van der Waals surface area contributed by atoms with Gasteiger partial charge in [-0.1, -0.05) is 18.2 Å². The first-order valence-electron chi connectivity index (χ1n) is 8.60. The molecule has 1 unspecified atom stereocenters. The van der Waals surface area contributed by atoms with Crippen molar-refractivity contribution in [3.05, 3.63) is 42.2 Å². The predicted octanol–water partition coefficient (Wildman–Crippen LogP) is 2.91. The molecule has 0 N–H and O–H groups in total. The maximum Gasteiger partial charge on any atom is 0.278 e. The maximum atomic E-state index is 13.0. The van der Waals surface area contributed by atoms with Crippen LogP contribution in [0.25, 0.3) is 5.69 Å². The van der Waals surface area contributed by atoms with Crippen LogP contribution >= 0.6 is 0 Å². The van der Waals surface area contributed by atoms with E-state index in [-0.39, 0.29) is 11.5 Å². The second-order valence-electron chi connectivity index (χ2n) is 6.63. The van der Waals surface area contributed by atoms with Gasteiger partial charge >= 0.3 is 0 Å². The van der Waals surface area contributed by atoms with Crippen molar-refractivity contribution in [1.29, 1.82) is 0 Å². The molecular weight excluding hydrogens is 318 g/mol. The molecule has 1 atom stereocenters. The Hall–Kier alpha value is -2.34. The quantitative estimate of drug-likeness (QED) is 0.856. The number of nitrogens with zero attached hydrogens (tertiary/aromatic N) is 3. The van der Waals surface area contributed by atoms with E-state index < -0.39 is 0 Å². The van der Waals surface area contributed by atoms with Crippen molar-refractivity contribution >= 4 is 5.91 Å². The lowest BCUT2D eigenvalue weighted by molar-refractivity contribution is -0.00539. The van der Waals surface area contributed by atoms with Crippen LogP contribution in [-0.4, -0.2) is 53.5 Å². The summed E-state index contributed by atoms with van der Waals surface area (Å²) in [5, 5.41) is 4.48. The second-order valence-corrected chi connectivity index (χ2v) is 6.63. The first-order valence-corrected chi connectivity index (χ1v) is 8.60. The minimum atomic E-state index is -0.164. The normalized spacial score (nSPS) is 21.0. The Labute approximate surface area is 148 Å². The van der Waals surface area contributed by atoms with Gasteiger partial charge in [0.25, 0.3) is 5.91 Å². The van der Waals surface area contributed by atoms with Crippen LogP contribution in [0.1, 0.15) is 36.7 Å². The Morgan fingerprint density at radius 1 is 1.16 bits per heavy atom. The molecule has 1 amide bonds. The average Bonchev–Trinajstić information content (AvgIpc) is 2.99. The lowest BCUT2D eigenvalue weighted by Crippen LogP contribution is -2.34. The third-order valence-corrected chi connectivity index (χ3v) is 4.95. The monoisotopic (exact) mass is 343 g/mol. The van der Waals surface area contributed by atoms with E-state index in [1.165, 1.54) is 0 Å². The Balaban J connectivity index is 1.83. The predicted molar refractivity (Wildman–Crippen MR) is 95.3 cm³/mol. The highest BCUT2D eigenvalue weighted by molar-refractivity contribution is 5.95. The zero-order chi connectivity index (χ0) is 17.9. The minimum Gasteiger partial charge on any atom is -0.493 e. The van der Waals surface area contributed by atoms with Crippen LogP contribution in [0.15, 0.2) is 36.5 Å². The summed E-state index contributed by atoms with van der Waals surface area (Å²) in [5.41, 5.74) is 1.08. The molecule has 2 aromatic rings. The van der Waals surface area contributed by atoms with Gasteiger partial charge in [-0.15, -0.1) is 0 Å². The number of hydrogen-bond acceptors (Lipinski definition) is 4. The van der Waals surface area contributed by atoms with Crippen molar-refractivity contribution in [2.24, 2.45) is 0 Å². The number of rotatable bonds is 4. The van der Waals surface area contributed by atoms with Crippen LogP contribution < -0.4 is 4.74 Å². The SMILES string of the molecule is COc1cn(-c2ccccc2)nc1C(=O)N1CCCC(C)(OC)CC1. The van der Waals surface area contributed by atoms with Crippen molar-refractivity contribution in [1.82, 2.24) is 14.7 Å². The van der Waals surface area contributed by atoms with Crippen molar-refractivity contribution in [3.8, 4) is 11.4 Å². The highest BCUT2D eigenvalue weighted by atomic mass is 16.5. The first-order chi connectivity index (χ1) is 12.1. The molecule has 1 aromatic carbocycles. The maximum absolute atomic E-state index is 13.0. The van der Waals surface area contributed by atoms with Gasteiger partial charge in [-0.3, -0.25) is 4.79 Å². The Morgan fingerprint density at radius 3 is 2.60 bits per heavy atom. The number of ether oxygens (including phenoxy) is 2. The van der Waals surface area contributed by atoms with E-state index in [0.717, 1.165) is 24.9 Å². The van der Waals surface area contributed by atoms with E-state index in [1.807, 2.05) is 35.2 Å². The van der Waals surface area contributed by atoms with E-state index >= 15 is 0 Å². The van der Waals surface area contributed by atoms with Crippen LogP contribution in [0.5, 0.6) is 5.75 Å². The van der Waals surface area contributed by atoms with Crippen LogP contribution in [0.4, 0.5) is 0 Å². The number of methoxy groups -OCH3 is 2. The number of carbonyl (C=O) groups excluding carboxylic acids is 1. The standard InChI is InChI=1S/C19H25N3O3/c1-19(25-3)10-7-12-21(13-11-19)18(23)17-16(24-2)14-22(20-17)15-8-5-4-6-9-15/h4-6,8-9,14H,7,10-13H2,1-3H3. The fourth-order valence-electron chi connectivity index (χ4n) is 3.18. The molecule has 0 spiro atoms. The van der Waals surface area contributed by atoms with Crippen LogP contribution in [0.3, 0.4) is 0 Å². The largest absolute Gasteiger partial charge is 0.493 e. The molecule has 0 bridgehead atoms. The number of aromatic nitrogens is 2. The summed E-state index contributed by atoms with van der Waals surface area (Å²) in [7, 11) is 3.30. The lowest BCUT2D eigenvalue weighted by atomic mass is 9.97. The molecule has 0 radical (unpaired) electrons. The average molecular weight is 343 g/mol. The van der Waals surface area contributed by atoms with Gasteiger partial charge in [0.1, 0.15) is 0 Å². The first kappa shape index (κ1) is 17.5. The molecule has 0 saturated carbocycles. The summed E-state index contributed by atoms with van der Waals surface area (Å²) in [5.74, 6) is 0.402. The Morgan fingerprint density at radius 2 is 1.92 bits per heavy atom. The van der Waals surface area contributed by atoms with Gasteiger partial charge in [-0.2, -0.15) is 5.10 Å². The number of carbonyl (C=O) groups is 1. The summed E-state index contributed by atoms with van der Waals surface area (Å²) in [6, 6.07) is 9.70. The molecule has 1 aromatic heterocycles. The van der Waals surface area contributed by atoms with Gasteiger partial charge in [0.2, 0.25) is 0 Å². The van der Waals surface area contributed by atoms with Crippen LogP contribution in [-0.2, 0) is 4.74 Å². The summed E-state index contributed by atoms with van der Waals surface area (Å²) in [6.45, 7) is 3.47. The van der Waals surface area contributed by atoms with Gasteiger partial charge in [-0.05, 0) is 38.3 Å². The smallest absolute Gasteiger partial charge is 0.278 e. The molecule has 134 valence electrons. The molecule has 6 nitrogen and oxygen atoms in total. The zero-order valence-electron chi connectivity index (χ0n) is 15.1. The third kappa shape index (κ3) is 3.69. The van der Waals surface area contributed by atoms with E-state index in [2.05, 4.69) is 12.0 Å². The topological polar surface area (TPSA) is 56.6 Å². The molecule has 1 aliphatic heterocycles. The number of hydrogen-bond donors (Lipinski definition) is 0. The summed E-state index contributed by atoms with van der Waals surface area (Å²) < 4.78 is 12.7.